The highest BCUT2D eigenvalue weighted by Crippen LogP contribution is 2.36. The van der Waals surface area contributed by atoms with E-state index in [0.717, 1.165) is 12.8 Å². The first-order valence-electron chi connectivity index (χ1n) is 10.6. The Kier molecular flexibility index (Phi) is 6.09. The van der Waals surface area contributed by atoms with Gasteiger partial charge in [0.1, 0.15) is 5.82 Å². The third-order valence-corrected chi connectivity index (χ3v) is 8.59. The second-order valence-corrected chi connectivity index (χ2v) is 10.9. The molecule has 0 aromatic heterocycles. The van der Waals surface area contributed by atoms with E-state index in [-0.39, 0.29) is 30.2 Å². The first kappa shape index (κ1) is 21.9. The van der Waals surface area contributed by atoms with Gasteiger partial charge in [0.15, 0.2) is 9.84 Å². The molecule has 0 saturated carbocycles. The fourth-order valence-electron chi connectivity index (χ4n) is 4.94. The third-order valence-electron chi connectivity index (χ3n) is 6.72. The number of anilines is 1. The number of nitrogens with one attached hydrogen (secondary N) is 2. The smallest absolute Gasteiger partial charge is 0.406 e. The molecule has 3 aliphatic heterocycles. The lowest BCUT2D eigenvalue weighted by atomic mass is 9.85. The number of sulfone groups is 1. The molecule has 0 bridgehead atoms. The third kappa shape index (κ3) is 4.78. The van der Waals surface area contributed by atoms with Crippen molar-refractivity contribution in [2.75, 3.05) is 43.1 Å². The van der Waals surface area contributed by atoms with Crippen LogP contribution in [0.5, 0.6) is 0 Å². The molecule has 0 radical (unpaired) electrons. The number of carbonyl (C=O) groups excluding carboxylic acids is 2. The zero-order chi connectivity index (χ0) is 22.2. The van der Waals surface area contributed by atoms with Gasteiger partial charge in [-0.05, 0) is 48.8 Å². The van der Waals surface area contributed by atoms with Crippen LogP contribution in [0.2, 0.25) is 0 Å². The summed E-state index contributed by atoms with van der Waals surface area (Å²) in [7, 11) is -1.54. The Bertz CT molecular complexity index is 950. The molecule has 2 amide bonds. The van der Waals surface area contributed by atoms with Crippen molar-refractivity contribution in [2.45, 2.75) is 31.2 Å². The van der Waals surface area contributed by atoms with Gasteiger partial charge in [0.2, 0.25) is 5.91 Å². The van der Waals surface area contributed by atoms with Gasteiger partial charge in [0.05, 0.1) is 30.2 Å². The fourth-order valence-corrected chi connectivity index (χ4v) is 6.69. The zero-order valence-corrected chi connectivity index (χ0v) is 18.3. The summed E-state index contributed by atoms with van der Waals surface area (Å²) in [5, 5.41) is 5.39. The summed E-state index contributed by atoms with van der Waals surface area (Å²) in [5.74, 6) is 0.230. The number of hydrogen-bond donors (Lipinski definition) is 2. The van der Waals surface area contributed by atoms with Gasteiger partial charge in [-0.25, -0.2) is 17.6 Å². The van der Waals surface area contributed by atoms with E-state index in [1.807, 2.05) is 4.90 Å². The maximum absolute atomic E-state index is 14.9. The van der Waals surface area contributed by atoms with E-state index in [4.69, 9.17) is 0 Å². The number of amides is 2. The van der Waals surface area contributed by atoms with Crippen molar-refractivity contribution in [3.8, 4) is 0 Å². The van der Waals surface area contributed by atoms with Gasteiger partial charge < -0.3 is 20.3 Å². The zero-order valence-electron chi connectivity index (χ0n) is 17.5. The minimum absolute atomic E-state index is 0.180. The number of nitrogens with zero attached hydrogens (tertiary/aromatic N) is 1. The predicted octanol–water partition coefficient (Wildman–Crippen LogP) is 1.41. The van der Waals surface area contributed by atoms with Gasteiger partial charge in [0.25, 0.3) is 0 Å². The number of piperidine rings is 1. The highest BCUT2D eigenvalue weighted by atomic mass is 32.2. The van der Waals surface area contributed by atoms with Gasteiger partial charge in [-0.3, -0.25) is 4.79 Å². The molecule has 31 heavy (non-hydrogen) atoms. The van der Waals surface area contributed by atoms with E-state index in [1.165, 1.54) is 13.2 Å². The van der Waals surface area contributed by atoms with Crippen molar-refractivity contribution >= 4 is 27.5 Å². The van der Waals surface area contributed by atoms with E-state index in [2.05, 4.69) is 15.4 Å². The Hall–Kier alpha value is -2.36. The van der Waals surface area contributed by atoms with Crippen LogP contribution in [-0.2, 0) is 19.4 Å². The molecule has 4 rings (SSSR count). The monoisotopic (exact) mass is 453 g/mol. The summed E-state index contributed by atoms with van der Waals surface area (Å²) in [4.78, 5) is 25.6. The predicted molar refractivity (Wildman–Crippen MR) is 113 cm³/mol. The summed E-state index contributed by atoms with van der Waals surface area (Å²) >= 11 is 0. The van der Waals surface area contributed by atoms with Crippen LogP contribution in [0.15, 0.2) is 18.2 Å². The quantitative estimate of drug-likeness (QED) is 0.699. The van der Waals surface area contributed by atoms with Crippen molar-refractivity contribution in [3.05, 3.63) is 29.6 Å². The standard InChI is InChI=1S/C21H28FN3O5S/c1-30-21(27)23-10-16-9-17(20(26)24-16)14-2-3-19(18(22)8-14)25-6-4-13(5-7-25)15-11-31(28,29)12-15/h2-3,8,13,15-17H,4-7,9-12H2,1H3,(H,23,27)(H,24,26)/t16?,17-/m0/s1. The number of hydrogen-bond acceptors (Lipinski definition) is 6. The SMILES string of the molecule is COC(=O)NCC1C[C@@H](c2ccc(N3CCC(C4CS(=O)(=O)C4)CC3)c(F)c2)C(=O)N1. The van der Waals surface area contributed by atoms with E-state index in [9.17, 15) is 22.4 Å². The van der Waals surface area contributed by atoms with Crippen molar-refractivity contribution in [3.63, 3.8) is 0 Å². The summed E-state index contributed by atoms with van der Waals surface area (Å²) in [6.45, 7) is 1.65. The minimum Gasteiger partial charge on any atom is -0.453 e. The summed E-state index contributed by atoms with van der Waals surface area (Å²) in [5.41, 5.74) is 1.14. The number of ether oxygens (including phenoxy) is 1. The molecular weight excluding hydrogens is 425 g/mol. The highest BCUT2D eigenvalue weighted by Gasteiger charge is 2.40. The van der Waals surface area contributed by atoms with E-state index >= 15 is 0 Å². The molecule has 2 N–H and O–H groups in total. The van der Waals surface area contributed by atoms with Crippen molar-refractivity contribution < 1.29 is 27.1 Å². The molecule has 3 saturated heterocycles. The fraction of sp³-hybridized carbons (Fsp3) is 0.619. The number of rotatable bonds is 5. The molecule has 1 unspecified atom stereocenters. The molecule has 0 aliphatic carbocycles. The van der Waals surface area contributed by atoms with Crippen LogP contribution >= 0.6 is 0 Å². The maximum Gasteiger partial charge on any atom is 0.406 e. The van der Waals surface area contributed by atoms with Crippen LogP contribution < -0.4 is 15.5 Å². The lowest BCUT2D eigenvalue weighted by Crippen LogP contribution is -2.45. The Morgan fingerprint density at radius 1 is 1.26 bits per heavy atom. The molecule has 1 aromatic rings. The molecule has 1 aromatic carbocycles. The van der Waals surface area contributed by atoms with E-state index < -0.39 is 21.8 Å². The molecule has 8 nitrogen and oxygen atoms in total. The van der Waals surface area contributed by atoms with Gasteiger partial charge in [0, 0.05) is 25.7 Å². The Balaban J connectivity index is 1.34. The first-order chi connectivity index (χ1) is 14.8. The lowest BCUT2D eigenvalue weighted by Gasteiger charge is -2.40. The molecular formula is C21H28FN3O5S. The van der Waals surface area contributed by atoms with Crippen LogP contribution in [-0.4, -0.2) is 64.7 Å². The Morgan fingerprint density at radius 2 is 1.97 bits per heavy atom. The van der Waals surface area contributed by atoms with Gasteiger partial charge in [-0.15, -0.1) is 0 Å². The number of benzene rings is 1. The Morgan fingerprint density at radius 3 is 2.58 bits per heavy atom. The molecule has 0 spiro atoms. The van der Waals surface area contributed by atoms with Crippen molar-refractivity contribution in [2.24, 2.45) is 11.8 Å². The van der Waals surface area contributed by atoms with Crippen LogP contribution in [0.1, 0.15) is 30.7 Å². The minimum atomic E-state index is -2.82. The van der Waals surface area contributed by atoms with Gasteiger partial charge in [-0.1, -0.05) is 6.07 Å². The lowest BCUT2D eigenvalue weighted by molar-refractivity contribution is -0.120. The maximum atomic E-state index is 14.9. The molecule has 10 heteroatoms. The number of alkyl carbamates (subject to hydrolysis) is 1. The molecule has 2 atom stereocenters. The van der Waals surface area contributed by atoms with Gasteiger partial charge in [-0.2, -0.15) is 0 Å². The number of methoxy groups -OCH3 is 1. The number of halogens is 1. The van der Waals surface area contributed by atoms with E-state index in [1.54, 1.807) is 12.1 Å². The molecule has 3 heterocycles. The Labute approximate surface area is 181 Å². The van der Waals surface area contributed by atoms with Crippen molar-refractivity contribution in [1.82, 2.24) is 10.6 Å². The average molecular weight is 454 g/mol. The normalized spacial score (nSPS) is 26.3. The second kappa shape index (κ2) is 8.64. The van der Waals surface area contributed by atoms with Crippen LogP contribution in [0.25, 0.3) is 0 Å². The largest absolute Gasteiger partial charge is 0.453 e. The highest BCUT2D eigenvalue weighted by molar-refractivity contribution is 7.92. The van der Waals surface area contributed by atoms with Crippen LogP contribution in [0.4, 0.5) is 14.9 Å². The topological polar surface area (TPSA) is 105 Å². The summed E-state index contributed by atoms with van der Waals surface area (Å²) in [6, 6.07) is 4.73. The van der Waals surface area contributed by atoms with Crippen LogP contribution in [0, 0.1) is 17.7 Å². The van der Waals surface area contributed by atoms with Gasteiger partial charge >= 0.3 is 6.09 Å². The molecule has 3 fully saturated rings. The second-order valence-electron chi connectivity index (χ2n) is 8.74. The van der Waals surface area contributed by atoms with E-state index in [0.29, 0.717) is 48.2 Å². The van der Waals surface area contributed by atoms with Crippen molar-refractivity contribution in [1.29, 1.82) is 0 Å². The summed E-state index contributed by atoms with van der Waals surface area (Å²) < 4.78 is 42.3. The number of carbonyl (C=O) groups is 2. The van der Waals surface area contributed by atoms with Crippen LogP contribution in [0.3, 0.4) is 0 Å². The molecule has 170 valence electrons. The first-order valence-corrected chi connectivity index (χ1v) is 12.4. The average Bonchev–Trinajstić information content (AvgIpc) is 3.11. The summed E-state index contributed by atoms with van der Waals surface area (Å²) in [6.07, 6.45) is 1.63. The molecule has 3 aliphatic rings.